The fourth-order valence-electron chi connectivity index (χ4n) is 2.36. The van der Waals surface area contributed by atoms with Crippen molar-refractivity contribution in [2.45, 2.75) is 19.7 Å². The average Bonchev–Trinajstić information content (AvgIpc) is 2.69. The Kier molecular flexibility index (Phi) is 8.01. The van der Waals surface area contributed by atoms with E-state index in [2.05, 4.69) is 25.1 Å². The van der Waals surface area contributed by atoms with Crippen LogP contribution in [0.2, 0.25) is 5.02 Å². The number of hydrogen-bond donors (Lipinski definition) is 2. The van der Waals surface area contributed by atoms with Crippen LogP contribution in [0.5, 0.6) is 5.75 Å². The predicted octanol–water partition coefficient (Wildman–Crippen LogP) is 3.59. The quantitative estimate of drug-likeness (QED) is 0.414. The average molecular weight is 412 g/mol. The van der Waals surface area contributed by atoms with Gasteiger partial charge < -0.3 is 20.1 Å². The summed E-state index contributed by atoms with van der Waals surface area (Å²) < 4.78 is 34.2. The monoisotopic (exact) mass is 411 g/mol. The van der Waals surface area contributed by atoms with Crippen LogP contribution in [-0.2, 0) is 17.8 Å². The Morgan fingerprint density at radius 1 is 1.14 bits per heavy atom. The van der Waals surface area contributed by atoms with E-state index >= 15 is 0 Å². The number of carbonyl (C=O) groups excluding carboxylic acids is 1. The second-order valence-electron chi connectivity index (χ2n) is 5.60. The van der Waals surface area contributed by atoms with Crippen LogP contribution in [-0.4, -0.2) is 32.7 Å². The Labute approximate surface area is 166 Å². The Hall–Kier alpha value is -2.87. The highest BCUT2D eigenvalue weighted by molar-refractivity contribution is 6.30. The SMILES string of the molecule is CN=C(NCc1ccc(C(=O)OC)cc1)NCc1cc(Cl)ccc1OC(F)F. The third-order valence-electron chi connectivity index (χ3n) is 3.74. The first kappa shape index (κ1) is 21.4. The lowest BCUT2D eigenvalue weighted by atomic mass is 10.1. The fourth-order valence-corrected chi connectivity index (χ4v) is 2.55. The van der Waals surface area contributed by atoms with Gasteiger partial charge in [0.05, 0.1) is 12.7 Å². The standard InChI is InChI=1S/C19H20ClF2N3O3/c1-23-19(24-10-12-3-5-13(6-4-12)17(26)27-2)25-11-14-9-15(20)7-8-16(14)28-18(21)22/h3-9,18H,10-11H2,1-2H3,(H2,23,24,25). The van der Waals surface area contributed by atoms with Gasteiger partial charge in [-0.15, -0.1) is 0 Å². The molecular formula is C19H20ClF2N3O3. The number of methoxy groups -OCH3 is 1. The lowest BCUT2D eigenvalue weighted by Gasteiger charge is -2.15. The van der Waals surface area contributed by atoms with Gasteiger partial charge in [0, 0.05) is 30.7 Å². The van der Waals surface area contributed by atoms with E-state index in [1.165, 1.54) is 19.2 Å². The molecule has 0 atom stereocenters. The van der Waals surface area contributed by atoms with Gasteiger partial charge in [-0.2, -0.15) is 8.78 Å². The zero-order valence-corrected chi connectivity index (χ0v) is 16.1. The Bertz CT molecular complexity index is 830. The summed E-state index contributed by atoms with van der Waals surface area (Å²) in [7, 11) is 2.91. The Morgan fingerprint density at radius 3 is 2.43 bits per heavy atom. The summed E-state index contributed by atoms with van der Waals surface area (Å²) >= 11 is 5.94. The molecule has 2 N–H and O–H groups in total. The molecule has 0 saturated carbocycles. The number of benzene rings is 2. The number of hydrogen-bond acceptors (Lipinski definition) is 4. The molecule has 0 fully saturated rings. The number of alkyl halides is 2. The molecule has 6 nitrogen and oxygen atoms in total. The second-order valence-corrected chi connectivity index (χ2v) is 6.03. The number of aliphatic imine (C=N–C) groups is 1. The molecule has 2 aromatic carbocycles. The van der Waals surface area contributed by atoms with Crippen LogP contribution in [0.1, 0.15) is 21.5 Å². The zero-order valence-electron chi connectivity index (χ0n) is 15.3. The third-order valence-corrected chi connectivity index (χ3v) is 3.98. The number of ether oxygens (including phenoxy) is 2. The van der Waals surface area contributed by atoms with Crippen molar-refractivity contribution in [3.63, 3.8) is 0 Å². The van der Waals surface area contributed by atoms with E-state index in [4.69, 9.17) is 11.6 Å². The van der Waals surface area contributed by atoms with Gasteiger partial charge >= 0.3 is 12.6 Å². The van der Waals surface area contributed by atoms with E-state index in [1.807, 2.05) is 0 Å². The van der Waals surface area contributed by atoms with E-state index in [9.17, 15) is 13.6 Å². The first-order chi connectivity index (χ1) is 13.4. The molecule has 2 rings (SSSR count). The van der Waals surface area contributed by atoms with Crippen LogP contribution in [0.25, 0.3) is 0 Å². The molecule has 0 amide bonds. The summed E-state index contributed by atoms with van der Waals surface area (Å²) in [6, 6.07) is 11.3. The van der Waals surface area contributed by atoms with Crippen molar-refractivity contribution in [2.24, 2.45) is 4.99 Å². The maximum Gasteiger partial charge on any atom is 0.387 e. The van der Waals surface area contributed by atoms with Crippen molar-refractivity contribution < 1.29 is 23.0 Å². The third kappa shape index (κ3) is 6.38. The maximum absolute atomic E-state index is 12.5. The lowest BCUT2D eigenvalue weighted by molar-refractivity contribution is -0.0504. The molecule has 0 spiro atoms. The van der Waals surface area contributed by atoms with Crippen molar-refractivity contribution in [2.75, 3.05) is 14.2 Å². The largest absolute Gasteiger partial charge is 0.465 e. The molecule has 0 aliphatic carbocycles. The summed E-state index contributed by atoms with van der Waals surface area (Å²) in [5.74, 6) is 0.0982. The first-order valence-corrected chi connectivity index (χ1v) is 8.65. The summed E-state index contributed by atoms with van der Waals surface area (Å²) in [6.45, 7) is -2.30. The number of esters is 1. The van der Waals surface area contributed by atoms with Crippen LogP contribution in [0.15, 0.2) is 47.5 Å². The van der Waals surface area contributed by atoms with E-state index in [1.54, 1.807) is 37.4 Å². The Balaban J connectivity index is 1.95. The van der Waals surface area contributed by atoms with Crippen LogP contribution in [0.4, 0.5) is 8.78 Å². The molecule has 150 valence electrons. The van der Waals surface area contributed by atoms with Gasteiger partial charge in [0.25, 0.3) is 0 Å². The fraction of sp³-hybridized carbons (Fsp3) is 0.263. The summed E-state index contributed by atoms with van der Waals surface area (Å²) in [5.41, 5.74) is 1.85. The number of nitrogens with zero attached hydrogens (tertiary/aromatic N) is 1. The zero-order chi connectivity index (χ0) is 20.5. The van der Waals surface area contributed by atoms with Crippen molar-refractivity contribution >= 4 is 23.5 Å². The minimum Gasteiger partial charge on any atom is -0.465 e. The molecule has 0 heterocycles. The van der Waals surface area contributed by atoms with Crippen molar-refractivity contribution in [1.29, 1.82) is 0 Å². The molecule has 9 heteroatoms. The number of guanidine groups is 1. The molecule has 28 heavy (non-hydrogen) atoms. The van der Waals surface area contributed by atoms with E-state index in [-0.39, 0.29) is 12.3 Å². The van der Waals surface area contributed by atoms with Crippen LogP contribution in [0, 0.1) is 0 Å². The van der Waals surface area contributed by atoms with Crippen molar-refractivity contribution in [3.05, 3.63) is 64.2 Å². The predicted molar refractivity (Wildman–Crippen MR) is 103 cm³/mol. The molecule has 0 aliphatic heterocycles. The highest BCUT2D eigenvalue weighted by Gasteiger charge is 2.11. The van der Waals surface area contributed by atoms with Gasteiger partial charge in [0.15, 0.2) is 5.96 Å². The molecule has 0 unspecified atom stereocenters. The number of nitrogens with one attached hydrogen (secondary N) is 2. The molecule has 2 aromatic rings. The normalized spacial score (nSPS) is 11.3. The smallest absolute Gasteiger partial charge is 0.387 e. The van der Waals surface area contributed by atoms with Gasteiger partial charge in [-0.3, -0.25) is 4.99 Å². The molecule has 0 aromatic heterocycles. The molecule has 0 bridgehead atoms. The van der Waals surface area contributed by atoms with E-state index in [0.717, 1.165) is 5.56 Å². The van der Waals surface area contributed by atoms with Crippen LogP contribution in [0.3, 0.4) is 0 Å². The molecule has 0 aliphatic rings. The second kappa shape index (κ2) is 10.5. The highest BCUT2D eigenvalue weighted by atomic mass is 35.5. The lowest BCUT2D eigenvalue weighted by Crippen LogP contribution is -2.36. The summed E-state index contributed by atoms with van der Waals surface area (Å²) in [5, 5.41) is 6.52. The van der Waals surface area contributed by atoms with Gasteiger partial charge in [0.1, 0.15) is 5.75 Å². The van der Waals surface area contributed by atoms with E-state index in [0.29, 0.717) is 28.7 Å². The van der Waals surface area contributed by atoms with Gasteiger partial charge in [0.2, 0.25) is 0 Å². The van der Waals surface area contributed by atoms with E-state index < -0.39 is 12.6 Å². The van der Waals surface area contributed by atoms with Crippen LogP contribution >= 0.6 is 11.6 Å². The summed E-state index contributed by atoms with van der Waals surface area (Å²) in [6.07, 6.45) is 0. The molecule has 0 saturated heterocycles. The van der Waals surface area contributed by atoms with Gasteiger partial charge in [-0.05, 0) is 35.9 Å². The summed E-state index contributed by atoms with van der Waals surface area (Å²) in [4.78, 5) is 15.5. The molecule has 0 radical (unpaired) electrons. The van der Waals surface area contributed by atoms with Gasteiger partial charge in [-0.25, -0.2) is 4.79 Å². The van der Waals surface area contributed by atoms with Crippen molar-refractivity contribution in [3.8, 4) is 5.75 Å². The Morgan fingerprint density at radius 2 is 1.82 bits per heavy atom. The van der Waals surface area contributed by atoms with Gasteiger partial charge in [-0.1, -0.05) is 23.7 Å². The van der Waals surface area contributed by atoms with Crippen LogP contribution < -0.4 is 15.4 Å². The topological polar surface area (TPSA) is 72.0 Å². The first-order valence-electron chi connectivity index (χ1n) is 8.28. The maximum atomic E-state index is 12.5. The minimum atomic E-state index is -2.93. The minimum absolute atomic E-state index is 0.0424. The number of carbonyl (C=O) groups is 1. The van der Waals surface area contributed by atoms with Crippen molar-refractivity contribution in [1.82, 2.24) is 10.6 Å². The number of rotatable bonds is 7. The molecular weight excluding hydrogens is 392 g/mol. The highest BCUT2D eigenvalue weighted by Crippen LogP contribution is 2.24. The number of halogens is 3.